The molecule has 5 heterocycles. The summed E-state index contributed by atoms with van der Waals surface area (Å²) in [6, 6.07) is -1.83. The maximum Gasteiger partial charge on any atom is 0.407 e. The quantitative estimate of drug-likeness (QED) is 0.253. The number of hydrogen-bond donors (Lipinski definition) is 4. The number of thiophene rings is 1. The third-order valence-corrected chi connectivity index (χ3v) is 12.4. The zero-order valence-corrected chi connectivity index (χ0v) is 29.9. The topological polar surface area (TPSA) is 175 Å². The molecule has 0 radical (unpaired) electrons. The summed E-state index contributed by atoms with van der Waals surface area (Å²) in [6.07, 6.45) is 12.8. The Kier molecular flexibility index (Phi) is 9.35. The molecule has 268 valence electrons. The molecule has 2 aliphatic heterocycles. The van der Waals surface area contributed by atoms with Crippen LogP contribution in [0, 0.1) is 5.41 Å². The van der Waals surface area contributed by atoms with E-state index in [1.807, 2.05) is 12.4 Å². The third-order valence-electron chi connectivity index (χ3n) is 11.0. The van der Waals surface area contributed by atoms with Gasteiger partial charge in [0.2, 0.25) is 11.8 Å². The van der Waals surface area contributed by atoms with Gasteiger partial charge in [-0.2, -0.15) is 0 Å². The highest BCUT2D eigenvalue weighted by atomic mass is 32.1. The summed E-state index contributed by atoms with van der Waals surface area (Å²) in [5, 5.41) is 5.18. The largest absolute Gasteiger partial charge is 0.453 e. The van der Waals surface area contributed by atoms with Crippen LogP contribution in [0.5, 0.6) is 0 Å². The number of H-pyrrole nitrogens is 2. The smallest absolute Gasteiger partial charge is 0.407 e. The first-order chi connectivity index (χ1) is 24.1. The number of ether oxygens (including phenoxy) is 2. The van der Waals surface area contributed by atoms with Gasteiger partial charge in [0.15, 0.2) is 0 Å². The number of fused-ring (bicyclic) bond motifs is 1. The number of aromatic nitrogens is 4. The Morgan fingerprint density at radius 3 is 1.64 bits per heavy atom. The number of nitrogens with one attached hydrogen (secondary N) is 4. The van der Waals surface area contributed by atoms with Gasteiger partial charge < -0.3 is 39.9 Å². The van der Waals surface area contributed by atoms with E-state index in [0.29, 0.717) is 13.1 Å². The van der Waals surface area contributed by atoms with Gasteiger partial charge in [-0.15, -0.1) is 11.3 Å². The van der Waals surface area contributed by atoms with E-state index in [-0.39, 0.29) is 29.3 Å². The molecule has 4 N–H and O–H groups in total. The zero-order valence-electron chi connectivity index (χ0n) is 29.1. The highest BCUT2D eigenvalue weighted by molar-refractivity contribution is 7.19. The molecule has 1 spiro atoms. The molecule has 0 unspecified atom stereocenters. The number of aromatic amines is 2. The molecule has 3 fully saturated rings. The molecule has 15 heteroatoms. The van der Waals surface area contributed by atoms with E-state index in [1.54, 1.807) is 35.0 Å². The van der Waals surface area contributed by atoms with Gasteiger partial charge in [0, 0.05) is 13.1 Å². The second-order valence-corrected chi connectivity index (χ2v) is 15.3. The summed E-state index contributed by atoms with van der Waals surface area (Å²) in [4.78, 5) is 72.9. The number of amides is 4. The molecule has 1 saturated carbocycles. The number of likely N-dealkylation sites (tertiary alicyclic amines) is 2. The Hall–Kier alpha value is -4.40. The molecule has 0 aromatic carbocycles. The summed E-state index contributed by atoms with van der Waals surface area (Å²) < 4.78 is 9.38. The van der Waals surface area contributed by atoms with Gasteiger partial charge in [0.05, 0.1) is 59.8 Å². The van der Waals surface area contributed by atoms with Gasteiger partial charge in [-0.25, -0.2) is 19.6 Å². The van der Waals surface area contributed by atoms with Crippen LogP contribution in [0.3, 0.4) is 0 Å². The molecule has 4 atom stereocenters. The van der Waals surface area contributed by atoms with Crippen molar-refractivity contribution in [3.8, 4) is 21.1 Å². The molecule has 7 rings (SSSR count). The van der Waals surface area contributed by atoms with Crippen LogP contribution in [0.2, 0.25) is 0 Å². The van der Waals surface area contributed by atoms with E-state index in [1.165, 1.54) is 60.8 Å². The van der Waals surface area contributed by atoms with Gasteiger partial charge in [-0.1, -0.05) is 12.8 Å². The van der Waals surface area contributed by atoms with E-state index < -0.39 is 24.3 Å². The number of hydrogen-bond acceptors (Lipinski definition) is 9. The number of rotatable bonds is 8. The first-order valence-electron chi connectivity index (χ1n) is 17.7. The van der Waals surface area contributed by atoms with Crippen LogP contribution in [-0.2, 0) is 31.9 Å². The van der Waals surface area contributed by atoms with E-state index in [9.17, 15) is 19.2 Å². The minimum Gasteiger partial charge on any atom is -0.453 e. The average Bonchev–Trinajstić information content (AvgIpc) is 3.96. The number of carbonyl (C=O) groups excluding carboxylic acids is 4. The first kappa shape index (κ1) is 34.1. The Morgan fingerprint density at radius 2 is 1.22 bits per heavy atom. The normalized spacial score (nSPS) is 22.1. The molecule has 50 heavy (non-hydrogen) atoms. The van der Waals surface area contributed by atoms with Crippen molar-refractivity contribution in [1.82, 2.24) is 40.4 Å². The molecule has 3 aromatic rings. The molecule has 3 aromatic heterocycles. The van der Waals surface area contributed by atoms with Crippen LogP contribution in [0.1, 0.15) is 100 Å². The lowest BCUT2D eigenvalue weighted by molar-refractivity contribution is -0.134. The molecule has 4 aliphatic rings. The van der Waals surface area contributed by atoms with Gasteiger partial charge in [-0.3, -0.25) is 9.59 Å². The molecule has 4 amide bonds. The predicted molar refractivity (Wildman–Crippen MR) is 185 cm³/mol. The van der Waals surface area contributed by atoms with Crippen LogP contribution in [0.4, 0.5) is 9.59 Å². The van der Waals surface area contributed by atoms with Gasteiger partial charge >= 0.3 is 12.2 Å². The first-order valence-corrected chi connectivity index (χ1v) is 18.5. The molecule has 0 bridgehead atoms. The summed E-state index contributed by atoms with van der Waals surface area (Å²) in [5.41, 5.74) is 4.91. The van der Waals surface area contributed by atoms with E-state index in [0.717, 1.165) is 61.6 Å². The van der Waals surface area contributed by atoms with Crippen molar-refractivity contribution in [2.24, 2.45) is 5.41 Å². The van der Waals surface area contributed by atoms with Crippen molar-refractivity contribution >= 4 is 35.3 Å². The molecular formula is C35H46N8O6S. The van der Waals surface area contributed by atoms with Crippen LogP contribution in [0.15, 0.2) is 12.4 Å². The Bertz CT molecular complexity index is 1660. The van der Waals surface area contributed by atoms with Gasteiger partial charge in [0.25, 0.3) is 0 Å². The van der Waals surface area contributed by atoms with Crippen molar-refractivity contribution in [1.29, 1.82) is 0 Å². The highest BCUT2D eigenvalue weighted by Crippen LogP contribution is 2.56. The van der Waals surface area contributed by atoms with Crippen molar-refractivity contribution < 1.29 is 28.7 Å². The van der Waals surface area contributed by atoms with Crippen molar-refractivity contribution in [3.05, 3.63) is 35.2 Å². The lowest BCUT2D eigenvalue weighted by Gasteiger charge is -2.26. The number of imidazole rings is 2. The van der Waals surface area contributed by atoms with Crippen molar-refractivity contribution in [2.75, 3.05) is 27.3 Å². The second-order valence-electron chi connectivity index (χ2n) is 14.2. The van der Waals surface area contributed by atoms with Crippen molar-refractivity contribution in [3.63, 3.8) is 0 Å². The number of methoxy groups -OCH3 is 2. The van der Waals surface area contributed by atoms with Crippen LogP contribution >= 0.6 is 11.3 Å². The fourth-order valence-corrected chi connectivity index (χ4v) is 9.83. The SMILES string of the molecule is COC(=O)N[C@@H](C)C(=O)N1CCC[C@H]1c1ncc(-c2sc(-c3cnc([C@@H]4CCCN4C(=O)[C@H](C)NC(=O)OC)[nH]3)c3c2CC2(CCCC2)C3)[nH]1. The van der Waals surface area contributed by atoms with E-state index >= 15 is 0 Å². The van der Waals surface area contributed by atoms with Crippen LogP contribution < -0.4 is 10.6 Å². The Balaban J connectivity index is 1.16. The van der Waals surface area contributed by atoms with Crippen molar-refractivity contribution in [2.45, 2.75) is 102 Å². The van der Waals surface area contributed by atoms with E-state index in [2.05, 4.69) is 20.6 Å². The van der Waals surface area contributed by atoms with Crippen LogP contribution in [-0.4, -0.2) is 93.1 Å². The van der Waals surface area contributed by atoms with Crippen LogP contribution in [0.25, 0.3) is 21.1 Å². The lowest BCUT2D eigenvalue weighted by Crippen LogP contribution is -2.46. The molecular weight excluding hydrogens is 661 g/mol. The molecule has 2 aliphatic carbocycles. The van der Waals surface area contributed by atoms with Gasteiger partial charge in [-0.05, 0) is 81.8 Å². The van der Waals surface area contributed by atoms with E-state index in [4.69, 9.17) is 19.4 Å². The number of carbonyl (C=O) groups is 4. The maximum absolute atomic E-state index is 13.3. The minimum atomic E-state index is -0.711. The summed E-state index contributed by atoms with van der Waals surface area (Å²) in [5.74, 6) is 1.17. The predicted octanol–water partition coefficient (Wildman–Crippen LogP) is 5.00. The fourth-order valence-electron chi connectivity index (χ4n) is 8.56. The fraction of sp³-hybridized carbons (Fsp3) is 0.600. The summed E-state index contributed by atoms with van der Waals surface area (Å²) >= 11 is 1.74. The number of nitrogens with zero attached hydrogens (tertiary/aromatic N) is 4. The maximum atomic E-state index is 13.3. The molecule has 2 saturated heterocycles. The minimum absolute atomic E-state index is 0.162. The summed E-state index contributed by atoms with van der Waals surface area (Å²) in [6.45, 7) is 4.54. The van der Waals surface area contributed by atoms with Gasteiger partial charge in [0.1, 0.15) is 23.7 Å². The number of alkyl carbamates (subject to hydrolysis) is 2. The Labute approximate surface area is 295 Å². The molecule has 14 nitrogen and oxygen atoms in total. The monoisotopic (exact) mass is 706 g/mol. The lowest BCUT2D eigenvalue weighted by atomic mass is 9.83. The standard InChI is InChI=1S/C35H46N8O6S/c1-19(38-33(46)48-3)31(44)42-13-7-9-25(42)29-36-17-23(40-29)27-21-15-35(11-5-6-12-35)16-22(21)28(50-27)24-18-37-30(41-24)26-10-8-14-43(26)32(45)20(2)39-34(47)49-4/h17-20,25-26H,5-16H2,1-4H3,(H,36,40)(H,37,41)(H,38,46)(H,39,47)/t19-,20-,25-,26-/m0/s1. The Morgan fingerprint density at radius 1 is 0.780 bits per heavy atom. The highest BCUT2D eigenvalue weighted by Gasteiger charge is 2.44. The zero-order chi connectivity index (χ0) is 35.2. The summed E-state index contributed by atoms with van der Waals surface area (Å²) in [7, 11) is 2.56. The average molecular weight is 707 g/mol. The third kappa shape index (κ3) is 6.24. The second kappa shape index (κ2) is 13.7.